The van der Waals surface area contributed by atoms with Gasteiger partial charge in [-0.1, -0.05) is 20.3 Å². The predicted octanol–water partition coefficient (Wildman–Crippen LogP) is 3.72. The van der Waals surface area contributed by atoms with Crippen LogP contribution in [0.4, 0.5) is 0 Å². The SMILES string of the molecule is CCNC(C)c1csc(C2CCC(C)C2)n1. The number of nitrogens with zero attached hydrogens (tertiary/aromatic N) is 1. The summed E-state index contributed by atoms with van der Waals surface area (Å²) in [6.07, 6.45) is 4.05. The van der Waals surface area contributed by atoms with Gasteiger partial charge in [-0.15, -0.1) is 11.3 Å². The molecule has 0 aromatic carbocycles. The molecule has 2 nitrogen and oxygen atoms in total. The summed E-state index contributed by atoms with van der Waals surface area (Å²) in [5.74, 6) is 1.63. The summed E-state index contributed by atoms with van der Waals surface area (Å²) in [5.41, 5.74) is 1.22. The van der Waals surface area contributed by atoms with E-state index in [1.807, 2.05) is 11.3 Å². The smallest absolute Gasteiger partial charge is 0.0960 e. The van der Waals surface area contributed by atoms with Gasteiger partial charge in [0.1, 0.15) is 0 Å². The number of nitrogens with one attached hydrogen (secondary N) is 1. The normalized spacial score (nSPS) is 27.2. The van der Waals surface area contributed by atoms with Gasteiger partial charge in [0.15, 0.2) is 0 Å². The Labute approximate surface area is 102 Å². The first-order valence-electron chi connectivity index (χ1n) is 6.39. The van der Waals surface area contributed by atoms with Crippen LogP contribution >= 0.6 is 11.3 Å². The van der Waals surface area contributed by atoms with Gasteiger partial charge in [-0.2, -0.15) is 0 Å². The fourth-order valence-corrected chi connectivity index (χ4v) is 3.59. The van der Waals surface area contributed by atoms with E-state index in [1.54, 1.807) is 0 Å². The maximum atomic E-state index is 4.80. The highest BCUT2D eigenvalue weighted by molar-refractivity contribution is 7.09. The Morgan fingerprint density at radius 3 is 3.00 bits per heavy atom. The van der Waals surface area contributed by atoms with Crippen molar-refractivity contribution in [2.24, 2.45) is 5.92 Å². The van der Waals surface area contributed by atoms with Gasteiger partial charge >= 0.3 is 0 Å². The van der Waals surface area contributed by atoms with Crippen molar-refractivity contribution in [1.82, 2.24) is 10.3 Å². The number of thiazole rings is 1. The highest BCUT2D eigenvalue weighted by Crippen LogP contribution is 2.39. The lowest BCUT2D eigenvalue weighted by molar-refractivity contribution is 0.576. The van der Waals surface area contributed by atoms with E-state index in [0.29, 0.717) is 6.04 Å². The fraction of sp³-hybridized carbons (Fsp3) is 0.769. The molecule has 0 saturated heterocycles. The molecule has 0 amide bonds. The number of hydrogen-bond acceptors (Lipinski definition) is 3. The lowest BCUT2D eigenvalue weighted by Gasteiger charge is -2.09. The topological polar surface area (TPSA) is 24.9 Å². The summed E-state index contributed by atoms with van der Waals surface area (Å²) in [4.78, 5) is 4.80. The molecule has 0 spiro atoms. The van der Waals surface area contributed by atoms with E-state index in [4.69, 9.17) is 4.98 Å². The summed E-state index contributed by atoms with van der Waals surface area (Å²) in [6, 6.07) is 0.397. The zero-order valence-corrected chi connectivity index (χ0v) is 11.3. The standard InChI is InChI=1S/C13H22N2S/c1-4-14-10(3)12-8-16-13(15-12)11-6-5-9(2)7-11/h8-11,14H,4-7H2,1-3H3. The Balaban J connectivity index is 2.01. The molecule has 1 fully saturated rings. The molecule has 1 aliphatic carbocycles. The van der Waals surface area contributed by atoms with E-state index < -0.39 is 0 Å². The lowest BCUT2D eigenvalue weighted by Crippen LogP contribution is -2.18. The van der Waals surface area contributed by atoms with Crippen molar-refractivity contribution in [3.63, 3.8) is 0 Å². The van der Waals surface area contributed by atoms with E-state index in [9.17, 15) is 0 Å². The van der Waals surface area contributed by atoms with Crippen LogP contribution in [0.3, 0.4) is 0 Å². The minimum absolute atomic E-state index is 0.397. The highest BCUT2D eigenvalue weighted by atomic mass is 32.1. The van der Waals surface area contributed by atoms with E-state index in [1.165, 1.54) is 30.0 Å². The molecule has 0 aliphatic heterocycles. The Morgan fingerprint density at radius 1 is 1.56 bits per heavy atom. The van der Waals surface area contributed by atoms with Crippen molar-refractivity contribution in [2.75, 3.05) is 6.54 Å². The Morgan fingerprint density at radius 2 is 2.38 bits per heavy atom. The summed E-state index contributed by atoms with van der Waals surface area (Å²) in [5, 5.41) is 7.01. The third-order valence-electron chi connectivity index (χ3n) is 3.54. The molecule has 1 aliphatic rings. The highest BCUT2D eigenvalue weighted by Gasteiger charge is 2.25. The summed E-state index contributed by atoms with van der Waals surface area (Å²) >= 11 is 1.85. The zero-order valence-electron chi connectivity index (χ0n) is 10.5. The lowest BCUT2D eigenvalue weighted by atomic mass is 10.1. The molecule has 0 bridgehead atoms. The average Bonchev–Trinajstić information content (AvgIpc) is 2.85. The van der Waals surface area contributed by atoms with Gasteiger partial charge in [-0.3, -0.25) is 0 Å². The molecule has 1 aromatic heterocycles. The van der Waals surface area contributed by atoms with Gasteiger partial charge in [0, 0.05) is 17.3 Å². The van der Waals surface area contributed by atoms with Crippen molar-refractivity contribution in [3.8, 4) is 0 Å². The fourth-order valence-electron chi connectivity index (χ4n) is 2.53. The molecule has 3 atom stereocenters. The van der Waals surface area contributed by atoms with Crippen LogP contribution in [-0.4, -0.2) is 11.5 Å². The van der Waals surface area contributed by atoms with E-state index in [0.717, 1.165) is 18.4 Å². The zero-order chi connectivity index (χ0) is 11.5. The van der Waals surface area contributed by atoms with E-state index in [-0.39, 0.29) is 0 Å². The Kier molecular flexibility index (Phi) is 3.98. The van der Waals surface area contributed by atoms with Crippen LogP contribution in [0.25, 0.3) is 0 Å². The summed E-state index contributed by atoms with van der Waals surface area (Å²) in [6.45, 7) is 7.70. The molecule has 1 N–H and O–H groups in total. The third-order valence-corrected chi connectivity index (χ3v) is 4.56. The van der Waals surface area contributed by atoms with Crippen LogP contribution in [0.15, 0.2) is 5.38 Å². The molecule has 1 heterocycles. The second-order valence-electron chi connectivity index (χ2n) is 5.01. The van der Waals surface area contributed by atoms with Crippen molar-refractivity contribution >= 4 is 11.3 Å². The first kappa shape index (κ1) is 12.1. The van der Waals surface area contributed by atoms with E-state index >= 15 is 0 Å². The van der Waals surface area contributed by atoms with Crippen LogP contribution < -0.4 is 5.32 Å². The Hall–Kier alpha value is -0.410. The van der Waals surface area contributed by atoms with Gasteiger partial charge in [0.05, 0.1) is 10.7 Å². The first-order chi connectivity index (χ1) is 7.70. The predicted molar refractivity (Wildman–Crippen MR) is 70.0 cm³/mol. The summed E-state index contributed by atoms with van der Waals surface area (Å²) in [7, 11) is 0. The van der Waals surface area contributed by atoms with Crippen LogP contribution in [0.5, 0.6) is 0 Å². The number of hydrogen-bond donors (Lipinski definition) is 1. The Bertz CT molecular complexity index is 334. The molecular weight excluding hydrogens is 216 g/mol. The van der Waals surface area contributed by atoms with Gasteiger partial charge in [-0.05, 0) is 32.2 Å². The van der Waals surface area contributed by atoms with Gasteiger partial charge in [-0.25, -0.2) is 4.98 Å². The minimum Gasteiger partial charge on any atom is -0.309 e. The first-order valence-corrected chi connectivity index (χ1v) is 7.27. The molecule has 90 valence electrons. The monoisotopic (exact) mass is 238 g/mol. The molecular formula is C13H22N2S. The van der Waals surface area contributed by atoms with Crippen molar-refractivity contribution < 1.29 is 0 Å². The third kappa shape index (κ3) is 2.64. The van der Waals surface area contributed by atoms with Gasteiger partial charge in [0.2, 0.25) is 0 Å². The summed E-state index contributed by atoms with van der Waals surface area (Å²) < 4.78 is 0. The maximum Gasteiger partial charge on any atom is 0.0960 e. The molecule has 0 radical (unpaired) electrons. The molecule has 2 rings (SSSR count). The van der Waals surface area contributed by atoms with Crippen molar-refractivity contribution in [1.29, 1.82) is 0 Å². The molecule has 1 saturated carbocycles. The molecule has 16 heavy (non-hydrogen) atoms. The number of rotatable bonds is 4. The molecule has 3 heteroatoms. The van der Waals surface area contributed by atoms with Gasteiger partial charge < -0.3 is 5.32 Å². The largest absolute Gasteiger partial charge is 0.309 e. The quantitative estimate of drug-likeness (QED) is 0.865. The second kappa shape index (κ2) is 5.28. The maximum absolute atomic E-state index is 4.80. The van der Waals surface area contributed by atoms with Crippen LogP contribution in [0.2, 0.25) is 0 Å². The average molecular weight is 238 g/mol. The van der Waals surface area contributed by atoms with Crippen LogP contribution in [-0.2, 0) is 0 Å². The van der Waals surface area contributed by atoms with Crippen molar-refractivity contribution in [2.45, 2.75) is 52.0 Å². The van der Waals surface area contributed by atoms with Gasteiger partial charge in [0.25, 0.3) is 0 Å². The number of aromatic nitrogens is 1. The molecule has 3 unspecified atom stereocenters. The van der Waals surface area contributed by atoms with Crippen LogP contribution in [0, 0.1) is 5.92 Å². The van der Waals surface area contributed by atoms with Crippen molar-refractivity contribution in [3.05, 3.63) is 16.1 Å². The minimum atomic E-state index is 0.397. The molecule has 1 aromatic rings. The second-order valence-corrected chi connectivity index (χ2v) is 5.89. The van der Waals surface area contributed by atoms with Crippen LogP contribution in [0.1, 0.15) is 62.7 Å². The van der Waals surface area contributed by atoms with E-state index in [2.05, 4.69) is 31.5 Å².